The van der Waals surface area contributed by atoms with Gasteiger partial charge in [0.05, 0.1) is 5.69 Å². The van der Waals surface area contributed by atoms with Crippen molar-refractivity contribution in [2.75, 3.05) is 0 Å². The molecule has 0 aliphatic heterocycles. The molecule has 5 nitrogen and oxygen atoms in total. The van der Waals surface area contributed by atoms with Gasteiger partial charge in [-0.3, -0.25) is 9.89 Å². The number of benzene rings is 1. The summed E-state index contributed by atoms with van der Waals surface area (Å²) >= 11 is 5.03. The van der Waals surface area contributed by atoms with Crippen molar-refractivity contribution in [2.24, 2.45) is 7.05 Å². The maximum atomic E-state index is 12.6. The van der Waals surface area contributed by atoms with Crippen molar-refractivity contribution in [1.29, 1.82) is 0 Å². The number of ketones is 1. The molecule has 0 radical (unpaired) electrons. The van der Waals surface area contributed by atoms with E-state index >= 15 is 0 Å². The van der Waals surface area contributed by atoms with Crippen LogP contribution in [0.5, 0.6) is 0 Å². The second kappa shape index (κ2) is 4.39. The van der Waals surface area contributed by atoms with Gasteiger partial charge in [0.1, 0.15) is 5.82 Å². The lowest BCUT2D eigenvalue weighted by molar-refractivity contribution is 0.0955. The van der Waals surface area contributed by atoms with Crippen LogP contribution in [-0.4, -0.2) is 25.5 Å². The minimum Gasteiger partial charge on any atom is -0.341 e. The first kappa shape index (κ1) is 12.5. The average Bonchev–Trinajstić information content (AvgIpc) is 3.03. The molecular weight excluding hydrogens is 284 g/mol. The van der Waals surface area contributed by atoms with E-state index in [0.29, 0.717) is 11.2 Å². The molecule has 0 saturated carbocycles. The Labute approximate surface area is 126 Å². The highest BCUT2D eigenvalue weighted by atomic mass is 32.1. The smallest absolute Gasteiger partial charge is 0.192 e. The van der Waals surface area contributed by atoms with E-state index in [4.69, 9.17) is 12.2 Å². The third-order valence-corrected chi connectivity index (χ3v) is 4.46. The third-order valence-electron chi connectivity index (χ3n) is 4.26. The summed E-state index contributed by atoms with van der Waals surface area (Å²) in [6, 6.07) is 8.15. The van der Waals surface area contributed by atoms with Crippen LogP contribution in [0.4, 0.5) is 0 Å². The minimum absolute atomic E-state index is 0.0590. The summed E-state index contributed by atoms with van der Waals surface area (Å²) in [5.41, 5.74) is 3.06. The van der Waals surface area contributed by atoms with Gasteiger partial charge in [0.25, 0.3) is 0 Å². The largest absolute Gasteiger partial charge is 0.341 e. The van der Waals surface area contributed by atoms with E-state index in [1.54, 1.807) is 0 Å². The number of aryl methyl sites for hydroxylation is 1. The number of H-pyrrole nitrogens is 2. The van der Waals surface area contributed by atoms with E-state index in [1.165, 1.54) is 0 Å². The topological polar surface area (TPSA) is 66.5 Å². The Morgan fingerprint density at radius 3 is 2.90 bits per heavy atom. The van der Waals surface area contributed by atoms with Crippen LogP contribution in [0, 0.1) is 4.77 Å². The number of fused-ring (bicyclic) bond motifs is 3. The Morgan fingerprint density at radius 2 is 2.14 bits per heavy atom. The lowest BCUT2D eigenvalue weighted by Crippen LogP contribution is -2.21. The molecule has 2 aromatic heterocycles. The normalized spacial score (nSPS) is 18.1. The fourth-order valence-corrected chi connectivity index (χ4v) is 3.49. The number of hydrogen-bond acceptors (Lipinski definition) is 3. The van der Waals surface area contributed by atoms with E-state index in [0.717, 1.165) is 34.4 Å². The maximum absolute atomic E-state index is 12.6. The lowest BCUT2D eigenvalue weighted by Gasteiger charge is -2.20. The van der Waals surface area contributed by atoms with Crippen molar-refractivity contribution in [3.05, 3.63) is 46.1 Å². The number of aromatic nitrogens is 4. The highest BCUT2D eigenvalue weighted by Crippen LogP contribution is 2.36. The highest BCUT2D eigenvalue weighted by Gasteiger charge is 2.32. The number of nitrogens with one attached hydrogen (secondary N) is 2. The van der Waals surface area contributed by atoms with Crippen molar-refractivity contribution < 1.29 is 4.79 Å². The summed E-state index contributed by atoms with van der Waals surface area (Å²) in [6.45, 7) is 0. The number of hydrogen-bond donors (Lipinski definition) is 2. The van der Waals surface area contributed by atoms with Crippen molar-refractivity contribution in [1.82, 2.24) is 19.7 Å². The Hall–Kier alpha value is -2.21. The zero-order valence-electron chi connectivity index (χ0n) is 11.5. The molecule has 6 heteroatoms. The van der Waals surface area contributed by atoms with Gasteiger partial charge in [-0.1, -0.05) is 18.2 Å². The number of aromatic amines is 2. The number of carbonyl (C=O) groups excluding carboxylic acids is 1. The van der Waals surface area contributed by atoms with Crippen LogP contribution in [0.2, 0.25) is 0 Å². The van der Waals surface area contributed by atoms with Crippen LogP contribution in [0.25, 0.3) is 10.9 Å². The van der Waals surface area contributed by atoms with E-state index in [9.17, 15) is 4.79 Å². The molecule has 21 heavy (non-hydrogen) atoms. The maximum Gasteiger partial charge on any atom is 0.192 e. The van der Waals surface area contributed by atoms with Crippen molar-refractivity contribution in [3.63, 3.8) is 0 Å². The zero-order valence-corrected chi connectivity index (χ0v) is 12.3. The van der Waals surface area contributed by atoms with Crippen LogP contribution >= 0.6 is 12.2 Å². The van der Waals surface area contributed by atoms with Gasteiger partial charge in [-0.25, -0.2) is 0 Å². The van der Waals surface area contributed by atoms with Crippen molar-refractivity contribution >= 4 is 28.9 Å². The summed E-state index contributed by atoms with van der Waals surface area (Å²) in [5, 5.41) is 8.08. The molecule has 1 aliphatic carbocycles. The number of nitrogens with zero attached hydrogens (tertiary/aromatic N) is 2. The summed E-state index contributed by atoms with van der Waals surface area (Å²) in [5.74, 6) is 0.998. The number of para-hydroxylation sites is 1. The molecular formula is C15H14N4OS. The first-order valence-corrected chi connectivity index (χ1v) is 7.30. The number of Topliss-reactive ketones (excluding diaryl/α,β-unsaturated/α-hetero) is 1. The van der Waals surface area contributed by atoms with Gasteiger partial charge < -0.3 is 9.55 Å². The molecule has 2 N–H and O–H groups in total. The molecule has 0 amide bonds. The molecule has 0 fully saturated rings. The summed E-state index contributed by atoms with van der Waals surface area (Å²) < 4.78 is 2.51. The molecule has 2 heterocycles. The Kier molecular flexibility index (Phi) is 2.62. The summed E-state index contributed by atoms with van der Waals surface area (Å²) in [6.07, 6.45) is 1.27. The lowest BCUT2D eigenvalue weighted by atomic mass is 9.85. The Balaban J connectivity index is 1.89. The first-order chi connectivity index (χ1) is 10.1. The van der Waals surface area contributed by atoms with E-state index in [2.05, 4.69) is 27.3 Å². The predicted octanol–water partition coefficient (Wildman–Crippen LogP) is 2.87. The predicted molar refractivity (Wildman–Crippen MR) is 82.1 cm³/mol. The van der Waals surface area contributed by atoms with Gasteiger partial charge >= 0.3 is 0 Å². The molecule has 0 bridgehead atoms. The second-order valence-corrected chi connectivity index (χ2v) is 5.90. The molecule has 106 valence electrons. The van der Waals surface area contributed by atoms with Crippen LogP contribution in [0.1, 0.15) is 34.2 Å². The summed E-state index contributed by atoms with van der Waals surface area (Å²) in [4.78, 5) is 15.6. The van der Waals surface area contributed by atoms with Gasteiger partial charge in [-0.15, -0.1) is 0 Å². The third kappa shape index (κ3) is 1.79. The number of rotatable bonds is 1. The molecule has 1 aliphatic rings. The molecule has 1 aromatic carbocycles. The van der Waals surface area contributed by atoms with Gasteiger partial charge in [0.15, 0.2) is 10.6 Å². The van der Waals surface area contributed by atoms with Crippen LogP contribution in [-0.2, 0) is 13.5 Å². The van der Waals surface area contributed by atoms with E-state index in [-0.39, 0.29) is 11.7 Å². The van der Waals surface area contributed by atoms with Gasteiger partial charge in [0, 0.05) is 30.3 Å². The second-order valence-electron chi connectivity index (χ2n) is 5.49. The molecule has 4 rings (SSSR count). The Bertz CT molecular complexity index is 917. The van der Waals surface area contributed by atoms with Crippen LogP contribution < -0.4 is 0 Å². The van der Waals surface area contributed by atoms with Crippen LogP contribution in [0.15, 0.2) is 24.3 Å². The highest BCUT2D eigenvalue weighted by molar-refractivity contribution is 7.71. The average molecular weight is 298 g/mol. The van der Waals surface area contributed by atoms with Gasteiger partial charge in [-0.05, 0) is 30.3 Å². The van der Waals surface area contributed by atoms with E-state index < -0.39 is 0 Å². The fraction of sp³-hybridized carbons (Fsp3) is 0.267. The first-order valence-electron chi connectivity index (χ1n) is 6.89. The van der Waals surface area contributed by atoms with Crippen LogP contribution in [0.3, 0.4) is 0 Å². The van der Waals surface area contributed by atoms with Gasteiger partial charge in [-0.2, -0.15) is 5.10 Å². The van der Waals surface area contributed by atoms with Crippen molar-refractivity contribution in [2.45, 2.75) is 18.8 Å². The Morgan fingerprint density at radius 1 is 1.33 bits per heavy atom. The fourth-order valence-electron chi connectivity index (χ4n) is 3.34. The molecule has 3 aromatic rings. The molecule has 1 unspecified atom stereocenters. The molecule has 0 spiro atoms. The minimum atomic E-state index is 0.0590. The quantitative estimate of drug-likeness (QED) is 0.679. The molecule has 0 saturated heterocycles. The van der Waals surface area contributed by atoms with Crippen molar-refractivity contribution in [3.8, 4) is 0 Å². The number of carbonyl (C=O) groups is 1. The molecule has 1 atom stereocenters. The zero-order chi connectivity index (χ0) is 14.6. The monoisotopic (exact) mass is 298 g/mol. The standard InChI is InChI=1S/C15H14N4OS/c1-19-11-5-3-2-4-9(11)10-6-8(7-12(20)13(10)19)14-16-15(21)18-17-14/h2-5,8H,6-7H2,1H3,(H2,16,17,18,21). The SMILES string of the molecule is Cn1c2c(c3ccccc31)CC(c1n[nH]c(=S)[nH]1)CC2=O. The van der Waals surface area contributed by atoms with Gasteiger partial charge in [0.2, 0.25) is 0 Å². The summed E-state index contributed by atoms with van der Waals surface area (Å²) in [7, 11) is 1.96. The van der Waals surface area contributed by atoms with E-state index in [1.807, 2.05) is 23.7 Å².